The highest BCUT2D eigenvalue weighted by molar-refractivity contribution is 7.99. The Balaban J connectivity index is 2.19. The number of hydrogen-bond acceptors (Lipinski definition) is 5. The summed E-state index contributed by atoms with van der Waals surface area (Å²) in [5.74, 6) is 0.130. The Morgan fingerprint density at radius 3 is 2.80 bits per heavy atom. The van der Waals surface area contributed by atoms with E-state index in [9.17, 15) is 8.42 Å². The molecule has 0 amide bonds. The van der Waals surface area contributed by atoms with Crippen LogP contribution in [-0.2, 0) is 10.0 Å². The molecule has 0 aliphatic heterocycles. The van der Waals surface area contributed by atoms with Crippen molar-refractivity contribution in [2.75, 3.05) is 12.0 Å². The minimum atomic E-state index is -3.61. The van der Waals surface area contributed by atoms with E-state index in [1.165, 1.54) is 12.3 Å². The van der Waals surface area contributed by atoms with E-state index in [4.69, 9.17) is 17.3 Å². The summed E-state index contributed by atoms with van der Waals surface area (Å²) in [6, 6.07) is 1.29. The van der Waals surface area contributed by atoms with Gasteiger partial charge in [0.2, 0.25) is 10.0 Å². The van der Waals surface area contributed by atoms with Crippen molar-refractivity contribution in [2.45, 2.75) is 41.9 Å². The molecule has 5 nitrogen and oxygen atoms in total. The molecule has 2 rings (SSSR count). The van der Waals surface area contributed by atoms with Gasteiger partial charge in [-0.15, -0.1) is 0 Å². The predicted octanol–water partition coefficient (Wildman–Crippen LogP) is 2.27. The van der Waals surface area contributed by atoms with Crippen LogP contribution in [0.25, 0.3) is 0 Å². The summed E-state index contributed by atoms with van der Waals surface area (Å²) in [5.41, 5.74) is 5.50. The number of anilines is 1. The second-order valence-electron chi connectivity index (χ2n) is 4.82. The predicted molar refractivity (Wildman–Crippen MR) is 83.5 cm³/mol. The van der Waals surface area contributed by atoms with Crippen molar-refractivity contribution in [3.63, 3.8) is 0 Å². The number of hydrogen-bond donors (Lipinski definition) is 2. The van der Waals surface area contributed by atoms with Gasteiger partial charge >= 0.3 is 0 Å². The van der Waals surface area contributed by atoms with Gasteiger partial charge < -0.3 is 5.73 Å². The Morgan fingerprint density at radius 2 is 2.15 bits per heavy atom. The molecule has 20 heavy (non-hydrogen) atoms. The van der Waals surface area contributed by atoms with Gasteiger partial charge in [0, 0.05) is 17.5 Å². The van der Waals surface area contributed by atoms with Gasteiger partial charge in [0.15, 0.2) is 0 Å². The lowest BCUT2D eigenvalue weighted by Gasteiger charge is -2.30. The zero-order chi connectivity index (χ0) is 14.8. The van der Waals surface area contributed by atoms with Crippen LogP contribution < -0.4 is 10.5 Å². The maximum atomic E-state index is 12.4. The first kappa shape index (κ1) is 15.9. The quantitative estimate of drug-likeness (QED) is 0.881. The van der Waals surface area contributed by atoms with Gasteiger partial charge in [-0.1, -0.05) is 24.4 Å². The molecule has 1 aromatic heterocycles. The molecule has 1 aliphatic carbocycles. The van der Waals surface area contributed by atoms with Crippen molar-refractivity contribution in [3.8, 4) is 0 Å². The smallest absolute Gasteiger partial charge is 0.242 e. The molecule has 0 bridgehead atoms. The fourth-order valence-electron chi connectivity index (χ4n) is 2.36. The van der Waals surface area contributed by atoms with Gasteiger partial charge in [-0.2, -0.15) is 11.8 Å². The van der Waals surface area contributed by atoms with Crippen LogP contribution in [0, 0.1) is 0 Å². The van der Waals surface area contributed by atoms with Crippen LogP contribution >= 0.6 is 23.4 Å². The SMILES string of the molecule is CSC1CCCCC1NS(=O)(=O)c1cnc(N)c(Cl)c1. The normalized spacial score (nSPS) is 23.7. The summed E-state index contributed by atoms with van der Waals surface area (Å²) in [7, 11) is -3.61. The lowest BCUT2D eigenvalue weighted by molar-refractivity contribution is 0.423. The zero-order valence-electron chi connectivity index (χ0n) is 11.2. The number of aromatic nitrogens is 1. The maximum Gasteiger partial charge on any atom is 0.242 e. The second-order valence-corrected chi connectivity index (χ2v) is 8.02. The Morgan fingerprint density at radius 1 is 1.45 bits per heavy atom. The minimum Gasteiger partial charge on any atom is -0.382 e. The molecule has 8 heteroatoms. The van der Waals surface area contributed by atoms with Crippen LogP contribution in [0.1, 0.15) is 25.7 Å². The highest BCUT2D eigenvalue weighted by atomic mass is 35.5. The summed E-state index contributed by atoms with van der Waals surface area (Å²) < 4.78 is 27.5. The third kappa shape index (κ3) is 3.58. The van der Waals surface area contributed by atoms with Crippen LogP contribution in [-0.4, -0.2) is 30.9 Å². The molecule has 3 N–H and O–H groups in total. The van der Waals surface area contributed by atoms with Gasteiger partial charge in [-0.05, 0) is 25.2 Å². The van der Waals surface area contributed by atoms with Crippen LogP contribution in [0.2, 0.25) is 5.02 Å². The monoisotopic (exact) mass is 335 g/mol. The standard InChI is InChI=1S/C12H18ClN3O2S2/c1-19-11-5-3-2-4-10(11)16-20(17,18)8-6-9(13)12(14)15-7-8/h6-7,10-11,16H,2-5H2,1H3,(H2,14,15). The van der Waals surface area contributed by atoms with Crippen molar-refractivity contribution in [3.05, 3.63) is 17.3 Å². The van der Waals surface area contributed by atoms with Crippen molar-refractivity contribution >= 4 is 39.2 Å². The van der Waals surface area contributed by atoms with E-state index in [0.29, 0.717) is 5.25 Å². The third-order valence-electron chi connectivity index (χ3n) is 3.47. The average molecular weight is 336 g/mol. The number of nitrogen functional groups attached to an aromatic ring is 1. The summed E-state index contributed by atoms with van der Waals surface area (Å²) in [5, 5.41) is 0.466. The summed E-state index contributed by atoms with van der Waals surface area (Å²) >= 11 is 7.54. The Hall–Kier alpha value is -0.500. The summed E-state index contributed by atoms with van der Waals surface area (Å²) in [6.07, 6.45) is 7.35. The fraction of sp³-hybridized carbons (Fsp3) is 0.583. The molecule has 2 unspecified atom stereocenters. The molecule has 0 aromatic carbocycles. The van der Waals surface area contributed by atoms with Gasteiger partial charge in [-0.25, -0.2) is 18.1 Å². The van der Waals surface area contributed by atoms with Crippen LogP contribution in [0.15, 0.2) is 17.2 Å². The highest BCUT2D eigenvalue weighted by Gasteiger charge is 2.29. The minimum absolute atomic E-state index is 0.0416. The van der Waals surface area contributed by atoms with Crippen molar-refractivity contribution < 1.29 is 8.42 Å². The Labute approximate surface area is 128 Å². The molecule has 1 saturated carbocycles. The molecular formula is C12H18ClN3O2S2. The van der Waals surface area contributed by atoms with Crippen molar-refractivity contribution in [2.24, 2.45) is 0 Å². The number of nitrogens with zero attached hydrogens (tertiary/aromatic N) is 1. The molecule has 0 radical (unpaired) electrons. The van der Waals surface area contributed by atoms with E-state index in [1.54, 1.807) is 11.8 Å². The lowest BCUT2D eigenvalue weighted by Crippen LogP contribution is -2.43. The third-order valence-corrected chi connectivity index (χ3v) is 6.40. The molecular weight excluding hydrogens is 318 g/mol. The first-order valence-corrected chi connectivity index (χ1v) is 9.55. The average Bonchev–Trinajstić information content (AvgIpc) is 2.42. The zero-order valence-corrected chi connectivity index (χ0v) is 13.6. The number of nitrogens with two attached hydrogens (primary N) is 1. The summed E-state index contributed by atoms with van der Waals surface area (Å²) in [6.45, 7) is 0. The lowest BCUT2D eigenvalue weighted by atomic mass is 9.96. The Bertz CT molecular complexity index is 580. The molecule has 2 atom stereocenters. The number of nitrogens with one attached hydrogen (secondary N) is 1. The van der Waals surface area contributed by atoms with Gasteiger partial charge in [0.05, 0.1) is 5.02 Å². The van der Waals surface area contributed by atoms with Gasteiger partial charge in [0.1, 0.15) is 10.7 Å². The van der Waals surface area contributed by atoms with E-state index in [2.05, 4.69) is 9.71 Å². The number of halogens is 1. The number of pyridine rings is 1. The molecule has 112 valence electrons. The first-order chi connectivity index (χ1) is 9.44. The topological polar surface area (TPSA) is 85.1 Å². The van der Waals surface area contributed by atoms with E-state index < -0.39 is 10.0 Å². The molecule has 0 spiro atoms. The van der Waals surface area contributed by atoms with E-state index in [-0.39, 0.29) is 21.8 Å². The number of rotatable bonds is 4. The van der Waals surface area contributed by atoms with Gasteiger partial charge in [-0.3, -0.25) is 0 Å². The van der Waals surface area contributed by atoms with Crippen LogP contribution in [0.5, 0.6) is 0 Å². The molecule has 1 heterocycles. The molecule has 1 aliphatic rings. The van der Waals surface area contributed by atoms with Crippen LogP contribution in [0.4, 0.5) is 5.82 Å². The second kappa shape index (κ2) is 6.51. The Kier molecular flexibility index (Phi) is 5.17. The van der Waals surface area contributed by atoms with E-state index in [0.717, 1.165) is 25.7 Å². The van der Waals surface area contributed by atoms with Crippen LogP contribution in [0.3, 0.4) is 0 Å². The van der Waals surface area contributed by atoms with E-state index in [1.807, 2.05) is 6.26 Å². The molecule has 1 aromatic rings. The number of thioether (sulfide) groups is 1. The van der Waals surface area contributed by atoms with Crippen molar-refractivity contribution in [1.82, 2.24) is 9.71 Å². The highest BCUT2D eigenvalue weighted by Crippen LogP contribution is 2.28. The maximum absolute atomic E-state index is 12.4. The number of sulfonamides is 1. The van der Waals surface area contributed by atoms with E-state index >= 15 is 0 Å². The molecule has 1 fully saturated rings. The van der Waals surface area contributed by atoms with Gasteiger partial charge in [0.25, 0.3) is 0 Å². The largest absolute Gasteiger partial charge is 0.382 e. The molecule has 0 saturated heterocycles. The van der Waals surface area contributed by atoms with Crippen molar-refractivity contribution in [1.29, 1.82) is 0 Å². The fourth-order valence-corrected chi connectivity index (χ4v) is 4.89. The summed E-state index contributed by atoms with van der Waals surface area (Å²) in [4.78, 5) is 3.86. The first-order valence-electron chi connectivity index (χ1n) is 6.40.